The van der Waals surface area contributed by atoms with Crippen LogP contribution >= 0.6 is 0 Å². The molecule has 0 aliphatic rings. The fourth-order valence-corrected chi connectivity index (χ4v) is 2.07. The predicted molar refractivity (Wildman–Crippen MR) is 64.1 cm³/mol. The Morgan fingerprint density at radius 3 is 2.89 bits per heavy atom. The van der Waals surface area contributed by atoms with Gasteiger partial charge in [-0.15, -0.1) is 0 Å². The van der Waals surface area contributed by atoms with Crippen LogP contribution in [0.25, 0.3) is 0 Å². The third-order valence-corrected chi connectivity index (χ3v) is 3.63. The zero-order valence-corrected chi connectivity index (χ0v) is 10.6. The standard InChI is InChI=1S/C10H14N4O3S/c1-11-18(15,16)10-3-2-9(17-10)6-12-4-8-5-13-7-14-8/h2-3,5,7,11-12H,4,6H2,1H3,(H,13,14). The summed E-state index contributed by atoms with van der Waals surface area (Å²) in [5, 5.41) is 3.03. The van der Waals surface area contributed by atoms with Gasteiger partial charge in [-0.05, 0) is 19.2 Å². The minimum atomic E-state index is -3.51. The molecule has 0 aromatic carbocycles. The molecule has 2 aromatic rings. The number of rotatable bonds is 6. The normalized spacial score (nSPS) is 11.8. The maximum Gasteiger partial charge on any atom is 0.273 e. The average Bonchev–Trinajstić information content (AvgIpc) is 3.00. The number of furan rings is 1. The van der Waals surface area contributed by atoms with Crippen LogP contribution in [-0.4, -0.2) is 25.4 Å². The Bertz CT molecular complexity index is 588. The average molecular weight is 270 g/mol. The van der Waals surface area contributed by atoms with Crippen LogP contribution < -0.4 is 10.0 Å². The molecule has 7 nitrogen and oxygen atoms in total. The molecule has 0 amide bonds. The van der Waals surface area contributed by atoms with Crippen molar-refractivity contribution in [3.05, 3.63) is 36.1 Å². The van der Waals surface area contributed by atoms with E-state index < -0.39 is 10.0 Å². The maximum atomic E-state index is 11.4. The molecule has 0 fully saturated rings. The molecule has 2 aromatic heterocycles. The molecule has 2 rings (SSSR count). The molecule has 0 aliphatic carbocycles. The Labute approximate surface area is 105 Å². The molecule has 98 valence electrons. The molecule has 0 saturated heterocycles. The summed E-state index contributed by atoms with van der Waals surface area (Å²) in [6.45, 7) is 1.05. The van der Waals surface area contributed by atoms with Crippen molar-refractivity contribution in [2.45, 2.75) is 18.2 Å². The molecule has 8 heteroatoms. The van der Waals surface area contributed by atoms with Crippen LogP contribution in [0, 0.1) is 0 Å². The molecule has 3 N–H and O–H groups in total. The SMILES string of the molecule is CNS(=O)(=O)c1ccc(CNCc2cnc[nH]2)o1. The topological polar surface area (TPSA) is 100 Å². The van der Waals surface area contributed by atoms with Gasteiger partial charge in [-0.3, -0.25) is 0 Å². The van der Waals surface area contributed by atoms with Crippen LogP contribution in [0.1, 0.15) is 11.5 Å². The van der Waals surface area contributed by atoms with Crippen molar-refractivity contribution in [3.63, 3.8) is 0 Å². The number of imidazole rings is 1. The number of H-pyrrole nitrogens is 1. The second kappa shape index (κ2) is 5.34. The number of hydrogen-bond donors (Lipinski definition) is 3. The van der Waals surface area contributed by atoms with Gasteiger partial charge in [0.05, 0.1) is 12.9 Å². The first-order valence-corrected chi connectivity index (χ1v) is 6.80. The first-order chi connectivity index (χ1) is 8.62. The van der Waals surface area contributed by atoms with Gasteiger partial charge in [0.15, 0.2) is 0 Å². The molecule has 0 atom stereocenters. The van der Waals surface area contributed by atoms with Gasteiger partial charge >= 0.3 is 0 Å². The lowest BCUT2D eigenvalue weighted by molar-refractivity contribution is 0.400. The first-order valence-electron chi connectivity index (χ1n) is 5.32. The van der Waals surface area contributed by atoms with E-state index >= 15 is 0 Å². The number of sulfonamides is 1. The van der Waals surface area contributed by atoms with Crippen LogP contribution in [0.5, 0.6) is 0 Å². The zero-order valence-electron chi connectivity index (χ0n) is 9.80. The number of nitrogens with zero attached hydrogens (tertiary/aromatic N) is 1. The second-order valence-electron chi connectivity index (χ2n) is 3.61. The van der Waals surface area contributed by atoms with Gasteiger partial charge in [-0.1, -0.05) is 0 Å². The van der Waals surface area contributed by atoms with Crippen LogP contribution in [0.4, 0.5) is 0 Å². The van der Waals surface area contributed by atoms with Crippen molar-refractivity contribution in [2.75, 3.05) is 7.05 Å². The Hall–Kier alpha value is -1.64. The van der Waals surface area contributed by atoms with E-state index in [0.717, 1.165) is 5.69 Å². The highest BCUT2D eigenvalue weighted by molar-refractivity contribution is 7.89. The molecule has 0 aliphatic heterocycles. The summed E-state index contributed by atoms with van der Waals surface area (Å²) in [4.78, 5) is 6.84. The number of nitrogens with one attached hydrogen (secondary N) is 3. The van der Waals surface area contributed by atoms with Crippen LogP contribution in [-0.2, 0) is 23.1 Å². The van der Waals surface area contributed by atoms with E-state index in [0.29, 0.717) is 18.8 Å². The molecular weight excluding hydrogens is 256 g/mol. The van der Waals surface area contributed by atoms with Gasteiger partial charge in [0.1, 0.15) is 5.76 Å². The number of aromatic nitrogens is 2. The Morgan fingerprint density at radius 2 is 2.22 bits per heavy atom. The highest BCUT2D eigenvalue weighted by Crippen LogP contribution is 2.13. The Kier molecular flexibility index (Phi) is 3.80. The number of hydrogen-bond acceptors (Lipinski definition) is 5. The van der Waals surface area contributed by atoms with Gasteiger partial charge in [0, 0.05) is 18.4 Å². The summed E-state index contributed by atoms with van der Waals surface area (Å²) in [5.41, 5.74) is 0.949. The van der Waals surface area contributed by atoms with E-state index in [4.69, 9.17) is 4.42 Å². The third kappa shape index (κ3) is 2.97. The third-order valence-electron chi connectivity index (χ3n) is 2.34. The van der Waals surface area contributed by atoms with Gasteiger partial charge in [-0.2, -0.15) is 0 Å². The highest BCUT2D eigenvalue weighted by atomic mass is 32.2. The minimum Gasteiger partial charge on any atom is -0.447 e. The van der Waals surface area contributed by atoms with Crippen LogP contribution in [0.2, 0.25) is 0 Å². The van der Waals surface area contributed by atoms with Crippen molar-refractivity contribution in [3.8, 4) is 0 Å². The van der Waals surface area contributed by atoms with Crippen LogP contribution in [0.15, 0.2) is 34.2 Å². The summed E-state index contributed by atoms with van der Waals surface area (Å²) in [6.07, 6.45) is 3.31. The predicted octanol–water partition coefficient (Wildman–Crippen LogP) is 0.201. The van der Waals surface area contributed by atoms with Crippen molar-refractivity contribution in [2.24, 2.45) is 0 Å². The second-order valence-corrected chi connectivity index (χ2v) is 5.43. The molecule has 0 radical (unpaired) electrons. The lowest BCUT2D eigenvalue weighted by Gasteiger charge is -2.00. The van der Waals surface area contributed by atoms with Crippen molar-refractivity contribution in [1.82, 2.24) is 20.0 Å². The van der Waals surface area contributed by atoms with Crippen molar-refractivity contribution < 1.29 is 12.8 Å². The largest absolute Gasteiger partial charge is 0.447 e. The van der Waals surface area contributed by atoms with E-state index in [1.54, 1.807) is 18.6 Å². The molecule has 2 heterocycles. The van der Waals surface area contributed by atoms with Gasteiger partial charge in [-0.25, -0.2) is 18.1 Å². The molecule has 0 saturated carbocycles. The van der Waals surface area contributed by atoms with E-state index in [9.17, 15) is 8.42 Å². The molecule has 0 spiro atoms. The fraction of sp³-hybridized carbons (Fsp3) is 0.300. The van der Waals surface area contributed by atoms with Gasteiger partial charge < -0.3 is 14.7 Å². The summed E-state index contributed by atoms with van der Waals surface area (Å²) in [6, 6.07) is 3.06. The van der Waals surface area contributed by atoms with Crippen LogP contribution in [0.3, 0.4) is 0 Å². The highest BCUT2D eigenvalue weighted by Gasteiger charge is 2.15. The monoisotopic (exact) mass is 270 g/mol. The Balaban J connectivity index is 1.91. The van der Waals surface area contributed by atoms with E-state index in [1.165, 1.54) is 13.1 Å². The summed E-state index contributed by atoms with van der Waals surface area (Å²) in [5.74, 6) is 0.559. The number of aromatic amines is 1. The first kappa shape index (κ1) is 12.8. The fourth-order valence-electron chi connectivity index (χ4n) is 1.40. The van der Waals surface area contributed by atoms with E-state index in [1.807, 2.05) is 0 Å². The quantitative estimate of drug-likeness (QED) is 0.696. The molecular formula is C10H14N4O3S. The summed E-state index contributed by atoms with van der Waals surface area (Å²) >= 11 is 0. The lowest BCUT2D eigenvalue weighted by atomic mass is 10.4. The van der Waals surface area contributed by atoms with Crippen molar-refractivity contribution >= 4 is 10.0 Å². The van der Waals surface area contributed by atoms with Gasteiger partial charge in [0.2, 0.25) is 5.09 Å². The maximum absolute atomic E-state index is 11.4. The molecule has 18 heavy (non-hydrogen) atoms. The van der Waals surface area contributed by atoms with Gasteiger partial charge in [0.25, 0.3) is 10.0 Å². The zero-order chi connectivity index (χ0) is 13.0. The smallest absolute Gasteiger partial charge is 0.273 e. The Morgan fingerprint density at radius 1 is 1.39 bits per heavy atom. The molecule has 0 unspecified atom stereocenters. The molecule has 0 bridgehead atoms. The lowest BCUT2D eigenvalue weighted by Crippen LogP contribution is -2.17. The van der Waals surface area contributed by atoms with Crippen molar-refractivity contribution in [1.29, 1.82) is 0 Å². The minimum absolute atomic E-state index is 0.0802. The van der Waals surface area contributed by atoms with E-state index in [2.05, 4.69) is 20.0 Å². The van der Waals surface area contributed by atoms with E-state index in [-0.39, 0.29) is 5.09 Å². The summed E-state index contributed by atoms with van der Waals surface area (Å²) in [7, 11) is -2.16. The summed E-state index contributed by atoms with van der Waals surface area (Å²) < 4.78 is 30.3.